The highest BCUT2D eigenvalue weighted by Gasteiger charge is 2.24. The standard InChI is InChI=1S/C13H24N2O/c1-5-10(2)9-15(4)13(11(3)14)12-7-6-8-16-12/h6-8,10-11,13H,5,9,14H2,1-4H3. The summed E-state index contributed by atoms with van der Waals surface area (Å²) < 4.78 is 5.47. The first-order valence-corrected chi connectivity index (χ1v) is 6.05. The van der Waals surface area contributed by atoms with Crippen molar-refractivity contribution in [1.82, 2.24) is 4.90 Å². The number of likely N-dealkylation sites (N-methyl/N-ethyl adjacent to an activating group) is 1. The maximum absolute atomic E-state index is 6.04. The van der Waals surface area contributed by atoms with Crippen LogP contribution in [0.1, 0.15) is 39.0 Å². The highest BCUT2D eigenvalue weighted by atomic mass is 16.3. The molecule has 0 saturated heterocycles. The Bertz CT molecular complexity index is 282. The lowest BCUT2D eigenvalue weighted by atomic mass is 10.0. The zero-order valence-electron chi connectivity index (χ0n) is 10.8. The van der Waals surface area contributed by atoms with E-state index in [9.17, 15) is 0 Å². The van der Waals surface area contributed by atoms with Gasteiger partial charge in [0, 0.05) is 12.6 Å². The largest absolute Gasteiger partial charge is 0.468 e. The predicted octanol–water partition coefficient (Wildman–Crippen LogP) is 2.65. The van der Waals surface area contributed by atoms with E-state index >= 15 is 0 Å². The molecule has 1 rings (SSSR count). The molecule has 0 aliphatic heterocycles. The molecule has 0 fully saturated rings. The molecule has 3 unspecified atom stereocenters. The Kier molecular flexibility index (Phi) is 5.03. The van der Waals surface area contributed by atoms with Crippen LogP contribution in [0, 0.1) is 5.92 Å². The number of nitrogens with two attached hydrogens (primary N) is 1. The number of rotatable bonds is 6. The second-order valence-corrected chi connectivity index (χ2v) is 4.77. The van der Waals surface area contributed by atoms with Gasteiger partial charge in [-0.2, -0.15) is 0 Å². The van der Waals surface area contributed by atoms with Crippen molar-refractivity contribution in [1.29, 1.82) is 0 Å². The summed E-state index contributed by atoms with van der Waals surface area (Å²) in [5, 5.41) is 0. The van der Waals surface area contributed by atoms with Gasteiger partial charge >= 0.3 is 0 Å². The third-order valence-electron chi connectivity index (χ3n) is 3.10. The first-order chi connectivity index (χ1) is 7.56. The lowest BCUT2D eigenvalue weighted by Crippen LogP contribution is -2.39. The molecule has 3 atom stereocenters. The number of hydrogen-bond acceptors (Lipinski definition) is 3. The smallest absolute Gasteiger partial charge is 0.122 e. The van der Waals surface area contributed by atoms with E-state index < -0.39 is 0 Å². The van der Waals surface area contributed by atoms with E-state index in [0.29, 0.717) is 5.92 Å². The maximum atomic E-state index is 6.04. The minimum absolute atomic E-state index is 0.0696. The molecule has 0 amide bonds. The van der Waals surface area contributed by atoms with Crippen LogP contribution >= 0.6 is 0 Å². The Morgan fingerprint density at radius 2 is 2.12 bits per heavy atom. The van der Waals surface area contributed by atoms with Crippen LogP contribution in [-0.4, -0.2) is 24.5 Å². The quantitative estimate of drug-likeness (QED) is 0.807. The fraction of sp³-hybridized carbons (Fsp3) is 0.692. The van der Waals surface area contributed by atoms with E-state index in [1.165, 1.54) is 6.42 Å². The Hall–Kier alpha value is -0.800. The third-order valence-corrected chi connectivity index (χ3v) is 3.10. The summed E-state index contributed by atoms with van der Waals surface area (Å²) in [4.78, 5) is 2.29. The second-order valence-electron chi connectivity index (χ2n) is 4.77. The molecule has 2 N–H and O–H groups in total. The molecule has 3 heteroatoms. The first-order valence-electron chi connectivity index (χ1n) is 6.05. The van der Waals surface area contributed by atoms with Gasteiger partial charge in [-0.3, -0.25) is 4.90 Å². The number of furan rings is 1. The summed E-state index contributed by atoms with van der Waals surface area (Å²) in [6, 6.07) is 4.16. The molecule has 0 aromatic carbocycles. The summed E-state index contributed by atoms with van der Waals surface area (Å²) in [5.74, 6) is 1.64. The predicted molar refractivity (Wildman–Crippen MR) is 67.2 cm³/mol. The van der Waals surface area contributed by atoms with Crippen molar-refractivity contribution in [2.75, 3.05) is 13.6 Å². The van der Waals surface area contributed by atoms with Crippen LogP contribution < -0.4 is 5.73 Å². The van der Waals surface area contributed by atoms with Gasteiger partial charge in [0.15, 0.2) is 0 Å². The van der Waals surface area contributed by atoms with Crippen LogP contribution in [0.4, 0.5) is 0 Å². The second kappa shape index (κ2) is 6.06. The van der Waals surface area contributed by atoms with E-state index in [2.05, 4.69) is 25.8 Å². The molecule has 92 valence electrons. The molecule has 3 nitrogen and oxygen atoms in total. The van der Waals surface area contributed by atoms with E-state index in [4.69, 9.17) is 10.2 Å². The van der Waals surface area contributed by atoms with E-state index in [1.807, 2.05) is 19.1 Å². The average Bonchev–Trinajstić information content (AvgIpc) is 2.70. The Labute approximate surface area is 98.6 Å². The van der Waals surface area contributed by atoms with Crippen molar-refractivity contribution in [2.45, 2.75) is 39.3 Å². The topological polar surface area (TPSA) is 42.4 Å². The molecule has 0 saturated carbocycles. The molecule has 1 heterocycles. The zero-order valence-corrected chi connectivity index (χ0v) is 10.8. The zero-order chi connectivity index (χ0) is 12.1. The molecule has 16 heavy (non-hydrogen) atoms. The summed E-state index contributed by atoms with van der Waals surface area (Å²) in [5.41, 5.74) is 6.04. The molecule has 0 aliphatic carbocycles. The van der Waals surface area contributed by atoms with Crippen molar-refractivity contribution >= 4 is 0 Å². The van der Waals surface area contributed by atoms with Crippen molar-refractivity contribution in [3.8, 4) is 0 Å². The lowest BCUT2D eigenvalue weighted by Gasteiger charge is -2.31. The summed E-state index contributed by atoms with van der Waals surface area (Å²) in [7, 11) is 2.11. The van der Waals surface area contributed by atoms with Gasteiger partial charge in [0.2, 0.25) is 0 Å². The molecule has 1 aromatic rings. The van der Waals surface area contributed by atoms with E-state index in [1.54, 1.807) is 6.26 Å². The summed E-state index contributed by atoms with van der Waals surface area (Å²) in [6.45, 7) is 7.55. The fourth-order valence-electron chi connectivity index (χ4n) is 2.07. The maximum Gasteiger partial charge on any atom is 0.122 e. The van der Waals surface area contributed by atoms with Gasteiger partial charge in [-0.15, -0.1) is 0 Å². The molecule has 0 aliphatic rings. The van der Waals surface area contributed by atoms with Crippen molar-refractivity contribution in [3.63, 3.8) is 0 Å². The van der Waals surface area contributed by atoms with Gasteiger partial charge in [0.1, 0.15) is 5.76 Å². The number of nitrogens with zero attached hydrogens (tertiary/aromatic N) is 1. The van der Waals surface area contributed by atoms with E-state index in [0.717, 1.165) is 12.3 Å². The van der Waals surface area contributed by atoms with Crippen LogP contribution in [0.5, 0.6) is 0 Å². The van der Waals surface area contributed by atoms with Crippen LogP contribution in [0.15, 0.2) is 22.8 Å². The van der Waals surface area contributed by atoms with Gasteiger partial charge < -0.3 is 10.2 Å². The third kappa shape index (κ3) is 3.35. The van der Waals surface area contributed by atoms with Crippen LogP contribution in [0.3, 0.4) is 0 Å². The van der Waals surface area contributed by atoms with Gasteiger partial charge in [0.25, 0.3) is 0 Å². The minimum Gasteiger partial charge on any atom is -0.468 e. The van der Waals surface area contributed by atoms with Crippen molar-refractivity contribution in [3.05, 3.63) is 24.2 Å². The summed E-state index contributed by atoms with van der Waals surface area (Å²) >= 11 is 0. The van der Waals surface area contributed by atoms with Gasteiger partial charge in [-0.25, -0.2) is 0 Å². The van der Waals surface area contributed by atoms with Gasteiger partial charge in [-0.05, 0) is 32.0 Å². The Morgan fingerprint density at radius 3 is 2.56 bits per heavy atom. The molecule has 0 radical (unpaired) electrons. The fourth-order valence-corrected chi connectivity index (χ4v) is 2.07. The minimum atomic E-state index is 0.0696. The Morgan fingerprint density at radius 1 is 1.44 bits per heavy atom. The monoisotopic (exact) mass is 224 g/mol. The molecule has 1 aromatic heterocycles. The average molecular weight is 224 g/mol. The first kappa shape index (κ1) is 13.3. The van der Waals surface area contributed by atoms with Gasteiger partial charge in [-0.1, -0.05) is 20.3 Å². The SMILES string of the molecule is CCC(C)CN(C)C(c1ccco1)C(C)N. The van der Waals surface area contributed by atoms with Crippen LogP contribution in [-0.2, 0) is 0 Å². The lowest BCUT2D eigenvalue weighted by molar-refractivity contribution is 0.168. The molecular formula is C13H24N2O. The highest BCUT2D eigenvalue weighted by molar-refractivity contribution is 5.07. The molecular weight excluding hydrogens is 200 g/mol. The van der Waals surface area contributed by atoms with Crippen LogP contribution in [0.2, 0.25) is 0 Å². The van der Waals surface area contributed by atoms with Crippen LogP contribution in [0.25, 0.3) is 0 Å². The van der Waals surface area contributed by atoms with Gasteiger partial charge in [0.05, 0.1) is 12.3 Å². The summed E-state index contributed by atoms with van der Waals surface area (Å²) in [6.07, 6.45) is 2.90. The molecule has 0 bridgehead atoms. The highest BCUT2D eigenvalue weighted by Crippen LogP contribution is 2.23. The van der Waals surface area contributed by atoms with Crippen molar-refractivity contribution in [2.24, 2.45) is 11.7 Å². The number of hydrogen-bond donors (Lipinski definition) is 1. The van der Waals surface area contributed by atoms with E-state index in [-0.39, 0.29) is 12.1 Å². The molecule has 0 spiro atoms. The normalized spacial score (nSPS) is 17.4. The van der Waals surface area contributed by atoms with Crippen molar-refractivity contribution < 1.29 is 4.42 Å². The Balaban J connectivity index is 2.71.